The van der Waals surface area contributed by atoms with Gasteiger partial charge in [-0.15, -0.1) is 0 Å². The Kier molecular flexibility index (Phi) is 5.33. The number of rotatable bonds is 6. The van der Waals surface area contributed by atoms with Crippen LogP contribution in [0.5, 0.6) is 0 Å². The molecule has 0 amide bonds. The number of hydrogen-bond acceptors (Lipinski definition) is 1. The van der Waals surface area contributed by atoms with Crippen LogP contribution in [0.1, 0.15) is 36.8 Å². The molecule has 15 heavy (non-hydrogen) atoms. The van der Waals surface area contributed by atoms with E-state index in [1.807, 2.05) is 13.0 Å². The Hall–Kier alpha value is -0.890. The van der Waals surface area contributed by atoms with E-state index in [2.05, 4.69) is 0 Å². The van der Waals surface area contributed by atoms with E-state index in [1.54, 1.807) is 6.07 Å². The van der Waals surface area contributed by atoms with Gasteiger partial charge in [0.25, 0.3) is 0 Å². The van der Waals surface area contributed by atoms with Crippen LogP contribution in [0, 0.1) is 12.7 Å². The molecule has 0 saturated carbocycles. The second kappa shape index (κ2) is 6.57. The van der Waals surface area contributed by atoms with Crippen molar-refractivity contribution in [3.05, 3.63) is 35.1 Å². The third-order valence-electron chi connectivity index (χ3n) is 2.66. The van der Waals surface area contributed by atoms with E-state index in [0.29, 0.717) is 0 Å². The maximum absolute atomic E-state index is 12.8. The standard InChI is InChI=1S/C13H19FO/c1-11-10-13(14)8-7-12(11)6-4-2-3-5-9-15/h7-8,10,15H,2-6,9H2,1H3. The predicted molar refractivity (Wildman–Crippen MR) is 60.4 cm³/mol. The maximum atomic E-state index is 12.8. The van der Waals surface area contributed by atoms with E-state index in [4.69, 9.17) is 5.11 Å². The lowest BCUT2D eigenvalue weighted by atomic mass is 10.0. The molecular formula is C13H19FO. The molecule has 0 atom stereocenters. The highest BCUT2D eigenvalue weighted by molar-refractivity contribution is 5.26. The Labute approximate surface area is 90.9 Å². The zero-order chi connectivity index (χ0) is 11.1. The third kappa shape index (κ3) is 4.43. The van der Waals surface area contributed by atoms with Gasteiger partial charge in [-0.25, -0.2) is 4.39 Å². The summed E-state index contributed by atoms with van der Waals surface area (Å²) in [6.07, 6.45) is 5.24. The summed E-state index contributed by atoms with van der Waals surface area (Å²) >= 11 is 0. The summed E-state index contributed by atoms with van der Waals surface area (Å²) < 4.78 is 12.8. The highest BCUT2D eigenvalue weighted by Gasteiger charge is 1.99. The molecule has 0 spiro atoms. The van der Waals surface area contributed by atoms with Gasteiger partial charge in [-0.1, -0.05) is 18.9 Å². The van der Waals surface area contributed by atoms with Crippen molar-refractivity contribution in [3.63, 3.8) is 0 Å². The number of aliphatic hydroxyl groups is 1. The summed E-state index contributed by atoms with van der Waals surface area (Å²) in [5.41, 5.74) is 2.28. The van der Waals surface area contributed by atoms with Crippen molar-refractivity contribution in [1.82, 2.24) is 0 Å². The molecule has 0 saturated heterocycles. The minimum atomic E-state index is -0.156. The van der Waals surface area contributed by atoms with Crippen LogP contribution < -0.4 is 0 Å². The first-order valence-electron chi connectivity index (χ1n) is 5.60. The molecule has 0 fully saturated rings. The number of halogens is 1. The van der Waals surface area contributed by atoms with Crippen LogP contribution in [0.4, 0.5) is 4.39 Å². The van der Waals surface area contributed by atoms with Crippen molar-refractivity contribution in [1.29, 1.82) is 0 Å². The monoisotopic (exact) mass is 210 g/mol. The minimum absolute atomic E-state index is 0.156. The molecule has 2 heteroatoms. The molecule has 0 unspecified atom stereocenters. The number of hydrogen-bond donors (Lipinski definition) is 1. The van der Waals surface area contributed by atoms with Crippen LogP contribution in [0.3, 0.4) is 0 Å². The molecule has 1 rings (SSSR count). The second-order valence-corrected chi connectivity index (χ2v) is 3.96. The molecule has 1 nitrogen and oxygen atoms in total. The fraction of sp³-hybridized carbons (Fsp3) is 0.538. The summed E-state index contributed by atoms with van der Waals surface area (Å²) in [6, 6.07) is 4.98. The molecular weight excluding hydrogens is 191 g/mol. The van der Waals surface area contributed by atoms with E-state index in [1.165, 1.54) is 11.6 Å². The van der Waals surface area contributed by atoms with E-state index in [0.717, 1.165) is 37.7 Å². The second-order valence-electron chi connectivity index (χ2n) is 3.96. The van der Waals surface area contributed by atoms with E-state index in [9.17, 15) is 4.39 Å². The van der Waals surface area contributed by atoms with Gasteiger partial charge >= 0.3 is 0 Å². The van der Waals surface area contributed by atoms with Gasteiger partial charge in [0, 0.05) is 6.61 Å². The third-order valence-corrected chi connectivity index (χ3v) is 2.66. The predicted octanol–water partition coefficient (Wildman–Crippen LogP) is 3.23. The van der Waals surface area contributed by atoms with Crippen LogP contribution in [-0.2, 0) is 6.42 Å². The van der Waals surface area contributed by atoms with Gasteiger partial charge in [0.05, 0.1) is 0 Å². The van der Waals surface area contributed by atoms with Gasteiger partial charge < -0.3 is 5.11 Å². The van der Waals surface area contributed by atoms with Gasteiger partial charge in [0.2, 0.25) is 0 Å². The Morgan fingerprint density at radius 3 is 2.53 bits per heavy atom. The van der Waals surface area contributed by atoms with Crippen molar-refractivity contribution in [2.75, 3.05) is 6.61 Å². The molecule has 0 bridgehead atoms. The first-order valence-corrected chi connectivity index (χ1v) is 5.60. The maximum Gasteiger partial charge on any atom is 0.123 e. The zero-order valence-corrected chi connectivity index (χ0v) is 9.30. The van der Waals surface area contributed by atoms with Crippen LogP contribution >= 0.6 is 0 Å². The zero-order valence-electron chi connectivity index (χ0n) is 9.30. The fourth-order valence-electron chi connectivity index (χ4n) is 1.72. The van der Waals surface area contributed by atoms with Gasteiger partial charge in [0.15, 0.2) is 0 Å². The van der Waals surface area contributed by atoms with Crippen molar-refractivity contribution in [3.8, 4) is 0 Å². The van der Waals surface area contributed by atoms with Crippen LogP contribution in [0.2, 0.25) is 0 Å². The summed E-state index contributed by atoms with van der Waals surface area (Å²) in [7, 11) is 0. The van der Waals surface area contributed by atoms with E-state index in [-0.39, 0.29) is 12.4 Å². The largest absolute Gasteiger partial charge is 0.396 e. The first-order chi connectivity index (χ1) is 7.24. The molecule has 0 radical (unpaired) electrons. The molecule has 84 valence electrons. The van der Waals surface area contributed by atoms with Gasteiger partial charge in [-0.2, -0.15) is 0 Å². The van der Waals surface area contributed by atoms with E-state index < -0.39 is 0 Å². The smallest absolute Gasteiger partial charge is 0.123 e. The molecule has 0 aromatic heterocycles. The molecule has 0 aliphatic carbocycles. The van der Waals surface area contributed by atoms with Crippen LogP contribution in [-0.4, -0.2) is 11.7 Å². The van der Waals surface area contributed by atoms with Crippen molar-refractivity contribution in [2.24, 2.45) is 0 Å². The molecule has 1 aromatic rings. The molecule has 0 aliphatic heterocycles. The number of benzene rings is 1. The summed E-state index contributed by atoms with van der Waals surface area (Å²) in [6.45, 7) is 2.24. The molecule has 1 aromatic carbocycles. The normalized spacial score (nSPS) is 10.6. The number of unbranched alkanes of at least 4 members (excludes halogenated alkanes) is 3. The Bertz CT molecular complexity index is 297. The van der Waals surface area contributed by atoms with Crippen molar-refractivity contribution >= 4 is 0 Å². The minimum Gasteiger partial charge on any atom is -0.396 e. The Morgan fingerprint density at radius 1 is 1.13 bits per heavy atom. The average Bonchev–Trinajstić information content (AvgIpc) is 2.20. The average molecular weight is 210 g/mol. The summed E-state index contributed by atoms with van der Waals surface area (Å²) in [5.74, 6) is -0.156. The molecule has 0 heterocycles. The van der Waals surface area contributed by atoms with Crippen molar-refractivity contribution in [2.45, 2.75) is 39.0 Å². The quantitative estimate of drug-likeness (QED) is 0.715. The highest BCUT2D eigenvalue weighted by Crippen LogP contribution is 2.13. The SMILES string of the molecule is Cc1cc(F)ccc1CCCCCCO. The lowest BCUT2D eigenvalue weighted by Gasteiger charge is -2.05. The first kappa shape index (κ1) is 12.2. The molecule has 0 aliphatic rings. The summed E-state index contributed by atoms with van der Waals surface area (Å²) in [5, 5.41) is 8.62. The lowest BCUT2D eigenvalue weighted by Crippen LogP contribution is -1.92. The Balaban J connectivity index is 2.31. The van der Waals surface area contributed by atoms with Crippen LogP contribution in [0.15, 0.2) is 18.2 Å². The van der Waals surface area contributed by atoms with Gasteiger partial charge in [0.1, 0.15) is 5.82 Å². The van der Waals surface area contributed by atoms with E-state index >= 15 is 0 Å². The number of aliphatic hydroxyl groups excluding tert-OH is 1. The number of aryl methyl sites for hydroxylation is 2. The van der Waals surface area contributed by atoms with Crippen LogP contribution in [0.25, 0.3) is 0 Å². The topological polar surface area (TPSA) is 20.2 Å². The van der Waals surface area contributed by atoms with Gasteiger partial charge in [-0.05, 0) is 49.4 Å². The lowest BCUT2D eigenvalue weighted by molar-refractivity contribution is 0.282. The molecule has 1 N–H and O–H groups in total. The Morgan fingerprint density at radius 2 is 1.87 bits per heavy atom. The fourth-order valence-corrected chi connectivity index (χ4v) is 1.72. The summed E-state index contributed by atoms with van der Waals surface area (Å²) in [4.78, 5) is 0. The van der Waals surface area contributed by atoms with Crippen molar-refractivity contribution < 1.29 is 9.50 Å². The van der Waals surface area contributed by atoms with Gasteiger partial charge in [-0.3, -0.25) is 0 Å². The highest BCUT2D eigenvalue weighted by atomic mass is 19.1.